The summed E-state index contributed by atoms with van der Waals surface area (Å²) in [4.78, 5) is 14.8. The molecule has 2 aromatic carbocycles. The number of nitrogens with zero attached hydrogens (tertiary/aromatic N) is 1. The molecule has 1 aliphatic rings. The van der Waals surface area contributed by atoms with Crippen LogP contribution in [0.15, 0.2) is 42.5 Å². The fourth-order valence-electron chi connectivity index (χ4n) is 2.88. The van der Waals surface area contributed by atoms with Crippen molar-refractivity contribution in [3.8, 4) is 0 Å². The van der Waals surface area contributed by atoms with Gasteiger partial charge in [0.05, 0.1) is 17.9 Å². The van der Waals surface area contributed by atoms with Gasteiger partial charge in [-0.3, -0.25) is 4.79 Å². The van der Waals surface area contributed by atoms with E-state index >= 15 is 0 Å². The molecule has 0 spiro atoms. The summed E-state index contributed by atoms with van der Waals surface area (Å²) in [5.74, 6) is 0.104. The molecule has 1 amide bonds. The van der Waals surface area contributed by atoms with E-state index in [-0.39, 0.29) is 5.91 Å². The first-order valence-corrected chi connectivity index (χ1v) is 7.64. The van der Waals surface area contributed by atoms with Gasteiger partial charge in [-0.1, -0.05) is 30.3 Å². The zero-order chi connectivity index (χ0) is 15.9. The maximum atomic E-state index is 12.9. The Kier molecular flexibility index (Phi) is 3.44. The molecule has 0 bridgehead atoms. The predicted molar refractivity (Wildman–Crippen MR) is 91.2 cm³/mol. The second kappa shape index (κ2) is 5.16. The minimum Gasteiger partial charge on any atom is -0.370 e. The highest BCUT2D eigenvalue weighted by Gasteiger charge is 2.38. The van der Waals surface area contributed by atoms with Gasteiger partial charge in [0.2, 0.25) is 0 Å². The smallest absolute Gasteiger partial charge is 0.252 e. The van der Waals surface area contributed by atoms with Crippen LogP contribution in [0.2, 0.25) is 0 Å². The number of aryl methyl sites for hydroxylation is 2. The first kappa shape index (κ1) is 14.6. The molecule has 3 heteroatoms. The van der Waals surface area contributed by atoms with Gasteiger partial charge < -0.3 is 10.2 Å². The molecule has 2 aromatic rings. The summed E-state index contributed by atoms with van der Waals surface area (Å²) in [5.41, 5.74) is 4.98. The van der Waals surface area contributed by atoms with Crippen LogP contribution in [0.5, 0.6) is 0 Å². The van der Waals surface area contributed by atoms with Crippen LogP contribution in [0.1, 0.15) is 30.5 Å². The van der Waals surface area contributed by atoms with Crippen LogP contribution >= 0.6 is 0 Å². The van der Waals surface area contributed by atoms with Crippen LogP contribution in [0.4, 0.5) is 11.4 Å². The van der Waals surface area contributed by atoms with E-state index in [0.29, 0.717) is 6.54 Å². The van der Waals surface area contributed by atoms with Crippen molar-refractivity contribution < 1.29 is 4.79 Å². The van der Waals surface area contributed by atoms with Crippen LogP contribution < -0.4 is 10.2 Å². The van der Waals surface area contributed by atoms with Gasteiger partial charge >= 0.3 is 0 Å². The number of carbonyl (C=O) groups excluding carboxylic acids is 1. The topological polar surface area (TPSA) is 32.3 Å². The standard InChI is InChI=1S/C19H22N2O/c1-13-10-16-17(11-14(13)2)21(18(22)19(3,4)20-16)12-15-8-6-5-7-9-15/h5-11,20H,12H2,1-4H3. The van der Waals surface area contributed by atoms with Crippen LogP contribution in [-0.4, -0.2) is 11.4 Å². The average molecular weight is 294 g/mol. The fourth-order valence-corrected chi connectivity index (χ4v) is 2.88. The van der Waals surface area contributed by atoms with Gasteiger partial charge in [0.1, 0.15) is 5.54 Å². The molecule has 0 saturated carbocycles. The molecular weight excluding hydrogens is 272 g/mol. The largest absolute Gasteiger partial charge is 0.370 e. The minimum atomic E-state index is -0.594. The Morgan fingerprint density at radius 3 is 2.36 bits per heavy atom. The molecule has 0 radical (unpaired) electrons. The second-order valence-electron chi connectivity index (χ2n) is 6.58. The lowest BCUT2D eigenvalue weighted by Gasteiger charge is -2.40. The Hall–Kier alpha value is -2.29. The lowest BCUT2D eigenvalue weighted by Crippen LogP contribution is -2.53. The summed E-state index contributed by atoms with van der Waals surface area (Å²) >= 11 is 0. The molecule has 3 nitrogen and oxygen atoms in total. The number of anilines is 2. The predicted octanol–water partition coefficient (Wildman–Crippen LogP) is 4.04. The highest BCUT2D eigenvalue weighted by molar-refractivity contribution is 6.07. The van der Waals surface area contributed by atoms with Crippen molar-refractivity contribution in [3.05, 3.63) is 59.2 Å². The van der Waals surface area contributed by atoms with Crippen LogP contribution in [-0.2, 0) is 11.3 Å². The van der Waals surface area contributed by atoms with Gasteiger partial charge in [-0.15, -0.1) is 0 Å². The van der Waals surface area contributed by atoms with Crippen LogP contribution in [0, 0.1) is 13.8 Å². The number of hydrogen-bond acceptors (Lipinski definition) is 2. The Balaban J connectivity index is 2.08. The normalized spacial score (nSPS) is 16.2. The summed E-state index contributed by atoms with van der Waals surface area (Å²) in [6, 6.07) is 14.4. The van der Waals surface area contributed by atoms with Crippen molar-refractivity contribution in [1.82, 2.24) is 0 Å². The molecule has 0 aliphatic carbocycles. The Bertz CT molecular complexity index is 720. The highest BCUT2D eigenvalue weighted by Crippen LogP contribution is 2.38. The molecule has 1 aliphatic heterocycles. The van der Waals surface area contributed by atoms with Gasteiger partial charge in [-0.25, -0.2) is 0 Å². The van der Waals surface area contributed by atoms with E-state index in [1.54, 1.807) is 0 Å². The first-order valence-electron chi connectivity index (χ1n) is 7.64. The van der Waals surface area contributed by atoms with E-state index in [2.05, 4.69) is 43.4 Å². The third-order valence-corrected chi connectivity index (χ3v) is 4.31. The number of carbonyl (C=O) groups is 1. The molecule has 114 valence electrons. The first-order chi connectivity index (χ1) is 10.4. The van der Waals surface area contributed by atoms with E-state index < -0.39 is 5.54 Å². The van der Waals surface area contributed by atoms with Crippen molar-refractivity contribution in [1.29, 1.82) is 0 Å². The summed E-state index contributed by atoms with van der Waals surface area (Å²) in [7, 11) is 0. The highest BCUT2D eigenvalue weighted by atomic mass is 16.2. The summed E-state index contributed by atoms with van der Waals surface area (Å²) in [5, 5.41) is 3.38. The molecule has 22 heavy (non-hydrogen) atoms. The number of rotatable bonds is 2. The van der Waals surface area contributed by atoms with Gasteiger partial charge in [0.15, 0.2) is 0 Å². The molecule has 3 rings (SSSR count). The van der Waals surface area contributed by atoms with E-state index in [9.17, 15) is 4.79 Å². The maximum absolute atomic E-state index is 12.9. The Morgan fingerprint density at radius 1 is 1.05 bits per heavy atom. The summed E-state index contributed by atoms with van der Waals surface area (Å²) in [6.45, 7) is 8.65. The monoisotopic (exact) mass is 294 g/mol. The Morgan fingerprint density at radius 2 is 1.68 bits per heavy atom. The lowest BCUT2D eigenvalue weighted by atomic mass is 9.95. The molecule has 0 aromatic heterocycles. The van der Waals surface area contributed by atoms with E-state index in [4.69, 9.17) is 0 Å². The van der Waals surface area contributed by atoms with Gasteiger partial charge in [-0.2, -0.15) is 0 Å². The number of hydrogen-bond donors (Lipinski definition) is 1. The maximum Gasteiger partial charge on any atom is 0.252 e. The third-order valence-electron chi connectivity index (χ3n) is 4.31. The average Bonchev–Trinajstić information content (AvgIpc) is 2.47. The Labute approximate surface area is 132 Å². The molecule has 0 saturated heterocycles. The SMILES string of the molecule is Cc1cc2c(cc1C)N(Cc1ccccc1)C(=O)C(C)(C)N2. The van der Waals surface area contributed by atoms with Crippen LogP contribution in [0.3, 0.4) is 0 Å². The van der Waals surface area contributed by atoms with Crippen molar-refractivity contribution in [2.24, 2.45) is 0 Å². The molecular formula is C19H22N2O. The lowest BCUT2D eigenvalue weighted by molar-refractivity contribution is -0.122. The molecule has 1 N–H and O–H groups in total. The minimum absolute atomic E-state index is 0.104. The van der Waals surface area contributed by atoms with E-state index in [1.165, 1.54) is 11.1 Å². The van der Waals surface area contributed by atoms with Crippen molar-refractivity contribution in [2.45, 2.75) is 39.8 Å². The second-order valence-corrected chi connectivity index (χ2v) is 6.58. The van der Waals surface area contributed by atoms with Gasteiger partial charge in [-0.05, 0) is 56.5 Å². The number of nitrogens with one attached hydrogen (secondary N) is 1. The van der Waals surface area contributed by atoms with Crippen molar-refractivity contribution in [3.63, 3.8) is 0 Å². The molecule has 0 atom stereocenters. The van der Waals surface area contributed by atoms with Gasteiger partial charge in [0.25, 0.3) is 5.91 Å². The summed E-state index contributed by atoms with van der Waals surface area (Å²) < 4.78 is 0. The molecule has 0 unspecified atom stereocenters. The molecule has 0 fully saturated rings. The van der Waals surface area contributed by atoms with E-state index in [1.807, 2.05) is 36.9 Å². The quantitative estimate of drug-likeness (QED) is 0.906. The zero-order valence-corrected chi connectivity index (χ0v) is 13.6. The van der Waals surface area contributed by atoms with Gasteiger partial charge in [0, 0.05) is 0 Å². The fraction of sp³-hybridized carbons (Fsp3) is 0.316. The van der Waals surface area contributed by atoms with E-state index in [0.717, 1.165) is 16.9 Å². The van der Waals surface area contributed by atoms with Crippen LogP contribution in [0.25, 0.3) is 0 Å². The summed E-state index contributed by atoms with van der Waals surface area (Å²) in [6.07, 6.45) is 0. The number of fused-ring (bicyclic) bond motifs is 1. The zero-order valence-electron chi connectivity index (χ0n) is 13.6. The van der Waals surface area contributed by atoms with Crippen molar-refractivity contribution >= 4 is 17.3 Å². The third kappa shape index (κ3) is 2.47. The number of benzene rings is 2. The number of amides is 1. The molecule has 1 heterocycles. The van der Waals surface area contributed by atoms with Crippen molar-refractivity contribution in [2.75, 3.05) is 10.2 Å².